The molecule has 0 aliphatic carbocycles. The van der Waals surface area contributed by atoms with Gasteiger partial charge in [-0.25, -0.2) is 13.1 Å². The van der Waals surface area contributed by atoms with Crippen LogP contribution in [0.2, 0.25) is 0 Å². The van der Waals surface area contributed by atoms with Crippen LogP contribution in [-0.4, -0.2) is 34.7 Å². The van der Waals surface area contributed by atoms with E-state index in [4.69, 9.17) is 5.73 Å². The minimum atomic E-state index is -2.96. The van der Waals surface area contributed by atoms with Gasteiger partial charge in [-0.1, -0.05) is 13.8 Å². The Morgan fingerprint density at radius 1 is 1.48 bits per heavy atom. The number of nitrogens with two attached hydrogens (primary N) is 1. The molecule has 0 spiro atoms. The molecule has 21 heavy (non-hydrogen) atoms. The summed E-state index contributed by atoms with van der Waals surface area (Å²) in [6.45, 7) is 4.13. The lowest BCUT2D eigenvalue weighted by atomic mass is 10.0. The number of anilines is 1. The monoisotopic (exact) mass is 326 g/mol. The van der Waals surface area contributed by atoms with Gasteiger partial charge in [0.25, 0.3) is 0 Å². The first-order valence-corrected chi connectivity index (χ1v) is 9.56. The van der Waals surface area contributed by atoms with Crippen molar-refractivity contribution in [3.05, 3.63) is 17.3 Å². The highest BCUT2D eigenvalue weighted by Crippen LogP contribution is 2.37. The third kappa shape index (κ3) is 2.57. The van der Waals surface area contributed by atoms with Crippen LogP contribution in [0.25, 0.3) is 10.6 Å². The average Bonchev–Trinajstić information content (AvgIpc) is 3.07. The van der Waals surface area contributed by atoms with Crippen molar-refractivity contribution in [2.24, 2.45) is 0 Å². The fourth-order valence-corrected chi connectivity index (χ4v) is 5.10. The summed E-state index contributed by atoms with van der Waals surface area (Å²) in [5.74, 6) is 1.13. The second-order valence-electron chi connectivity index (χ2n) is 5.67. The number of hydrogen-bond donors (Lipinski definition) is 1. The van der Waals surface area contributed by atoms with Gasteiger partial charge in [-0.05, 0) is 12.3 Å². The molecule has 1 atom stereocenters. The van der Waals surface area contributed by atoms with E-state index in [9.17, 15) is 8.42 Å². The summed E-state index contributed by atoms with van der Waals surface area (Å²) < 4.78 is 25.1. The third-order valence-corrected chi connectivity index (χ3v) is 6.31. The molecule has 1 unspecified atom stereocenters. The van der Waals surface area contributed by atoms with Crippen LogP contribution in [0.1, 0.15) is 37.8 Å². The van der Waals surface area contributed by atoms with Crippen LogP contribution in [0.4, 0.5) is 5.82 Å². The maximum Gasteiger partial charge on any atom is 0.152 e. The van der Waals surface area contributed by atoms with Gasteiger partial charge in [-0.2, -0.15) is 5.10 Å². The van der Waals surface area contributed by atoms with Crippen molar-refractivity contribution < 1.29 is 8.42 Å². The molecule has 0 amide bonds. The van der Waals surface area contributed by atoms with Crippen LogP contribution in [0.15, 0.2) is 11.7 Å². The molecule has 8 heteroatoms. The molecule has 1 aliphatic heterocycles. The van der Waals surface area contributed by atoms with Crippen LogP contribution in [0, 0.1) is 0 Å². The second kappa shape index (κ2) is 5.10. The van der Waals surface area contributed by atoms with Gasteiger partial charge in [0.15, 0.2) is 9.84 Å². The zero-order valence-corrected chi connectivity index (χ0v) is 13.6. The lowest BCUT2D eigenvalue weighted by molar-refractivity contribution is 0.508. The summed E-state index contributed by atoms with van der Waals surface area (Å²) in [5, 5.41) is 4.62. The third-order valence-electron chi connectivity index (χ3n) is 3.78. The standard InChI is InChI=1S/C13H18N4O2S2/c1-8(2)11-12(10-5-15-7-20-10)16-17(13(11)14)9-3-4-21(18,19)6-9/h5,7-9H,3-4,6,14H2,1-2H3. The Balaban J connectivity index is 2.09. The fraction of sp³-hybridized carbons (Fsp3) is 0.538. The normalized spacial score (nSPS) is 21.2. The quantitative estimate of drug-likeness (QED) is 0.932. The van der Waals surface area contributed by atoms with Gasteiger partial charge in [0.2, 0.25) is 0 Å². The van der Waals surface area contributed by atoms with Crippen LogP contribution in [0.3, 0.4) is 0 Å². The molecule has 1 saturated heterocycles. The van der Waals surface area contributed by atoms with Crippen molar-refractivity contribution in [3.8, 4) is 10.6 Å². The Morgan fingerprint density at radius 3 is 2.76 bits per heavy atom. The van der Waals surface area contributed by atoms with Gasteiger partial charge in [0.05, 0.1) is 27.9 Å². The van der Waals surface area contributed by atoms with E-state index in [1.807, 2.05) is 0 Å². The number of hydrogen-bond acceptors (Lipinski definition) is 6. The van der Waals surface area contributed by atoms with Crippen molar-refractivity contribution in [1.29, 1.82) is 0 Å². The molecule has 2 aromatic rings. The summed E-state index contributed by atoms with van der Waals surface area (Å²) in [4.78, 5) is 5.05. The molecule has 1 fully saturated rings. The Bertz CT molecular complexity index is 747. The zero-order valence-electron chi connectivity index (χ0n) is 12.0. The molecule has 3 heterocycles. The molecule has 0 bridgehead atoms. The van der Waals surface area contributed by atoms with Crippen LogP contribution in [-0.2, 0) is 9.84 Å². The first-order valence-electron chi connectivity index (χ1n) is 6.86. The van der Waals surface area contributed by atoms with E-state index in [0.717, 1.165) is 16.1 Å². The van der Waals surface area contributed by atoms with E-state index in [2.05, 4.69) is 23.9 Å². The highest BCUT2D eigenvalue weighted by molar-refractivity contribution is 7.91. The van der Waals surface area contributed by atoms with E-state index in [-0.39, 0.29) is 23.5 Å². The highest BCUT2D eigenvalue weighted by Gasteiger charge is 2.33. The van der Waals surface area contributed by atoms with Gasteiger partial charge in [-0.3, -0.25) is 4.98 Å². The average molecular weight is 326 g/mol. The van der Waals surface area contributed by atoms with Crippen molar-refractivity contribution in [3.63, 3.8) is 0 Å². The van der Waals surface area contributed by atoms with Crippen molar-refractivity contribution in [2.75, 3.05) is 17.2 Å². The minimum Gasteiger partial charge on any atom is -0.384 e. The summed E-state index contributed by atoms with van der Waals surface area (Å²) in [7, 11) is -2.96. The van der Waals surface area contributed by atoms with E-state index in [1.54, 1.807) is 16.4 Å². The minimum absolute atomic E-state index is 0.124. The summed E-state index contributed by atoms with van der Waals surface area (Å²) in [6.07, 6.45) is 2.35. The molecule has 114 valence electrons. The number of aromatic nitrogens is 3. The number of thiazole rings is 1. The smallest absolute Gasteiger partial charge is 0.152 e. The van der Waals surface area contributed by atoms with Gasteiger partial charge >= 0.3 is 0 Å². The zero-order chi connectivity index (χ0) is 15.2. The molecule has 6 nitrogen and oxygen atoms in total. The predicted molar refractivity (Wildman–Crippen MR) is 84.1 cm³/mol. The van der Waals surface area contributed by atoms with Crippen molar-refractivity contribution in [1.82, 2.24) is 14.8 Å². The van der Waals surface area contributed by atoms with Gasteiger partial charge in [-0.15, -0.1) is 11.3 Å². The topological polar surface area (TPSA) is 90.9 Å². The molecule has 2 N–H and O–H groups in total. The van der Waals surface area contributed by atoms with E-state index < -0.39 is 9.84 Å². The maximum absolute atomic E-state index is 11.7. The van der Waals surface area contributed by atoms with Gasteiger partial charge in [0, 0.05) is 11.8 Å². The van der Waals surface area contributed by atoms with E-state index >= 15 is 0 Å². The Morgan fingerprint density at radius 2 is 2.24 bits per heavy atom. The summed E-state index contributed by atoms with van der Waals surface area (Å²) >= 11 is 1.51. The fourth-order valence-electron chi connectivity index (χ4n) is 2.79. The number of rotatable bonds is 3. The predicted octanol–water partition coefficient (Wildman–Crippen LogP) is 2.07. The Hall–Kier alpha value is -1.41. The molecule has 0 radical (unpaired) electrons. The Kier molecular flexibility index (Phi) is 3.53. The molecule has 2 aromatic heterocycles. The van der Waals surface area contributed by atoms with Gasteiger partial charge < -0.3 is 5.73 Å². The largest absolute Gasteiger partial charge is 0.384 e. The molecule has 0 aromatic carbocycles. The lowest BCUT2D eigenvalue weighted by Crippen LogP contribution is -2.15. The van der Waals surface area contributed by atoms with E-state index in [0.29, 0.717) is 12.2 Å². The second-order valence-corrected chi connectivity index (χ2v) is 8.78. The van der Waals surface area contributed by atoms with Crippen molar-refractivity contribution >= 4 is 27.0 Å². The number of nitrogens with zero attached hydrogens (tertiary/aromatic N) is 3. The SMILES string of the molecule is CC(C)c1c(-c2cncs2)nn(C2CCS(=O)(=O)C2)c1N. The first kappa shape index (κ1) is 14.5. The summed E-state index contributed by atoms with van der Waals surface area (Å²) in [6, 6.07) is -0.158. The molecule has 3 rings (SSSR count). The number of sulfone groups is 1. The van der Waals surface area contributed by atoms with Gasteiger partial charge in [0.1, 0.15) is 11.5 Å². The maximum atomic E-state index is 11.7. The van der Waals surface area contributed by atoms with Crippen LogP contribution >= 0.6 is 11.3 Å². The summed E-state index contributed by atoms with van der Waals surface area (Å²) in [5.41, 5.74) is 9.83. The Labute approximate surface area is 127 Å². The lowest BCUT2D eigenvalue weighted by Gasteiger charge is -2.11. The van der Waals surface area contributed by atoms with Crippen LogP contribution in [0.5, 0.6) is 0 Å². The molecular formula is C13H18N4O2S2. The number of nitrogen functional groups attached to an aromatic ring is 1. The first-order chi connectivity index (χ1) is 9.89. The van der Waals surface area contributed by atoms with Crippen LogP contribution < -0.4 is 5.73 Å². The molecular weight excluding hydrogens is 308 g/mol. The van der Waals surface area contributed by atoms with Crippen molar-refractivity contribution in [2.45, 2.75) is 32.2 Å². The molecule has 0 saturated carbocycles. The highest BCUT2D eigenvalue weighted by atomic mass is 32.2. The van der Waals surface area contributed by atoms with E-state index in [1.165, 1.54) is 11.3 Å². The molecule has 1 aliphatic rings.